The lowest BCUT2D eigenvalue weighted by Gasteiger charge is -2.52. The summed E-state index contributed by atoms with van der Waals surface area (Å²) in [4.78, 5) is 14.7. The highest BCUT2D eigenvalue weighted by atomic mass is 16.5. The van der Waals surface area contributed by atoms with Gasteiger partial charge in [0.05, 0.1) is 18.8 Å². The van der Waals surface area contributed by atoms with Gasteiger partial charge in [-0.25, -0.2) is 0 Å². The third-order valence-corrected chi connectivity index (χ3v) is 5.81. The van der Waals surface area contributed by atoms with E-state index in [0.29, 0.717) is 19.4 Å². The van der Waals surface area contributed by atoms with Crippen molar-refractivity contribution in [1.29, 1.82) is 0 Å². The fraction of sp³-hybridized carbons (Fsp3) is 0.650. The van der Waals surface area contributed by atoms with Crippen LogP contribution in [0.3, 0.4) is 0 Å². The van der Waals surface area contributed by atoms with Crippen molar-refractivity contribution in [2.24, 2.45) is 5.92 Å². The Morgan fingerprint density at radius 1 is 1.29 bits per heavy atom. The Morgan fingerprint density at radius 2 is 2.04 bits per heavy atom. The average Bonchev–Trinajstić information content (AvgIpc) is 2.60. The van der Waals surface area contributed by atoms with E-state index in [-0.39, 0.29) is 17.9 Å². The molecule has 1 aliphatic heterocycles. The number of hydrogen-bond acceptors (Lipinski definition) is 3. The van der Waals surface area contributed by atoms with Gasteiger partial charge in [-0.3, -0.25) is 4.79 Å². The molecule has 0 bridgehead atoms. The monoisotopic (exact) mass is 331 g/mol. The zero-order valence-corrected chi connectivity index (χ0v) is 14.8. The molecular weight excluding hydrogens is 302 g/mol. The lowest BCUT2D eigenvalue weighted by Crippen LogP contribution is -2.56. The molecule has 2 aliphatic rings. The van der Waals surface area contributed by atoms with Crippen molar-refractivity contribution >= 4 is 5.91 Å². The number of nitrogens with zero attached hydrogens (tertiary/aromatic N) is 1. The van der Waals surface area contributed by atoms with E-state index in [1.807, 2.05) is 24.0 Å². The summed E-state index contributed by atoms with van der Waals surface area (Å²) in [6, 6.07) is 7.99. The van der Waals surface area contributed by atoms with E-state index in [0.717, 1.165) is 43.4 Å². The molecule has 1 aromatic rings. The van der Waals surface area contributed by atoms with Gasteiger partial charge in [-0.05, 0) is 43.4 Å². The van der Waals surface area contributed by atoms with Crippen LogP contribution in [0.1, 0.15) is 63.5 Å². The molecule has 1 N–H and O–H groups in total. The number of amides is 1. The van der Waals surface area contributed by atoms with Crippen LogP contribution in [0, 0.1) is 5.92 Å². The molecule has 1 saturated carbocycles. The van der Waals surface area contributed by atoms with Gasteiger partial charge < -0.3 is 14.7 Å². The lowest BCUT2D eigenvalue weighted by molar-refractivity contribution is -0.155. The van der Waals surface area contributed by atoms with Crippen molar-refractivity contribution in [3.63, 3.8) is 0 Å². The first-order valence-corrected chi connectivity index (χ1v) is 9.25. The first-order valence-electron chi connectivity index (χ1n) is 9.25. The zero-order valence-electron chi connectivity index (χ0n) is 14.8. The van der Waals surface area contributed by atoms with Gasteiger partial charge in [-0.2, -0.15) is 0 Å². The summed E-state index contributed by atoms with van der Waals surface area (Å²) in [5, 5.41) is 11.2. The molecule has 1 saturated heterocycles. The van der Waals surface area contributed by atoms with Crippen LogP contribution in [0.15, 0.2) is 24.3 Å². The second kappa shape index (κ2) is 7.14. The van der Waals surface area contributed by atoms with E-state index in [9.17, 15) is 9.90 Å². The van der Waals surface area contributed by atoms with Crippen molar-refractivity contribution in [3.05, 3.63) is 29.8 Å². The number of benzene rings is 1. The minimum atomic E-state index is -0.619. The predicted molar refractivity (Wildman–Crippen MR) is 93.9 cm³/mol. The molecule has 0 aromatic heterocycles. The number of rotatable bonds is 4. The van der Waals surface area contributed by atoms with Crippen LogP contribution in [0.2, 0.25) is 0 Å². The van der Waals surface area contributed by atoms with Gasteiger partial charge >= 0.3 is 0 Å². The van der Waals surface area contributed by atoms with Gasteiger partial charge in [-0.1, -0.05) is 31.9 Å². The van der Waals surface area contributed by atoms with Crippen molar-refractivity contribution in [2.45, 2.75) is 63.5 Å². The molecular formula is C20H29NO3. The van der Waals surface area contributed by atoms with Crippen LogP contribution in [0.25, 0.3) is 0 Å². The quantitative estimate of drug-likeness (QED) is 0.915. The summed E-state index contributed by atoms with van der Waals surface area (Å²) in [6.45, 7) is 2.70. The van der Waals surface area contributed by atoms with Crippen LogP contribution in [-0.2, 0) is 4.79 Å². The molecule has 4 heteroatoms. The van der Waals surface area contributed by atoms with Crippen molar-refractivity contribution in [2.75, 3.05) is 13.7 Å². The maximum absolute atomic E-state index is 12.7. The Kier molecular flexibility index (Phi) is 5.14. The summed E-state index contributed by atoms with van der Waals surface area (Å²) in [5.41, 5.74) is 0.497. The van der Waals surface area contributed by atoms with Gasteiger partial charge in [0.25, 0.3) is 0 Å². The molecule has 3 atom stereocenters. The standard InChI is InChI=1S/C20H29NO3/c1-3-6-18(22)21-14-13-20(23)12-5-4-7-17(20)19(21)15-8-10-16(24-2)11-9-15/h8-11,17,19,23H,3-7,12-14H2,1-2H3/t17?,19-,20?/m0/s1. The first kappa shape index (κ1) is 17.3. The number of carbonyl (C=O) groups excluding carboxylic acids is 1. The lowest BCUT2D eigenvalue weighted by atomic mass is 9.66. The number of methoxy groups -OCH3 is 1. The van der Waals surface area contributed by atoms with Gasteiger partial charge in [0.15, 0.2) is 0 Å². The zero-order chi connectivity index (χ0) is 17.2. The molecule has 1 amide bonds. The molecule has 1 aliphatic carbocycles. The van der Waals surface area contributed by atoms with E-state index in [4.69, 9.17) is 4.74 Å². The van der Waals surface area contributed by atoms with Crippen LogP contribution >= 0.6 is 0 Å². The number of piperidine rings is 1. The fourth-order valence-electron chi connectivity index (χ4n) is 4.53. The molecule has 24 heavy (non-hydrogen) atoms. The molecule has 4 nitrogen and oxygen atoms in total. The Bertz CT molecular complexity index is 571. The summed E-state index contributed by atoms with van der Waals surface area (Å²) in [5.74, 6) is 1.17. The van der Waals surface area contributed by atoms with Crippen molar-refractivity contribution < 1.29 is 14.6 Å². The number of aliphatic hydroxyl groups is 1. The highest BCUT2D eigenvalue weighted by Gasteiger charge is 2.49. The number of fused-ring (bicyclic) bond motifs is 1. The second-order valence-electron chi connectivity index (χ2n) is 7.26. The van der Waals surface area contributed by atoms with E-state index in [2.05, 4.69) is 12.1 Å². The fourth-order valence-corrected chi connectivity index (χ4v) is 4.53. The Morgan fingerprint density at radius 3 is 2.71 bits per heavy atom. The molecule has 1 aromatic carbocycles. The smallest absolute Gasteiger partial charge is 0.223 e. The number of hydrogen-bond donors (Lipinski definition) is 1. The molecule has 1 heterocycles. The minimum Gasteiger partial charge on any atom is -0.497 e. The number of carbonyl (C=O) groups is 1. The largest absolute Gasteiger partial charge is 0.497 e. The van der Waals surface area contributed by atoms with Gasteiger partial charge in [0.2, 0.25) is 5.91 Å². The molecule has 3 rings (SSSR count). The number of likely N-dealkylation sites (tertiary alicyclic amines) is 1. The summed E-state index contributed by atoms with van der Waals surface area (Å²) in [6.07, 6.45) is 6.22. The summed E-state index contributed by atoms with van der Waals surface area (Å²) < 4.78 is 5.27. The minimum absolute atomic E-state index is 0.0194. The normalized spacial score (nSPS) is 29.9. The van der Waals surface area contributed by atoms with Gasteiger partial charge in [0, 0.05) is 18.9 Å². The van der Waals surface area contributed by atoms with E-state index in [1.54, 1.807) is 7.11 Å². The van der Waals surface area contributed by atoms with E-state index >= 15 is 0 Å². The van der Waals surface area contributed by atoms with Crippen LogP contribution in [0.5, 0.6) is 5.75 Å². The Balaban J connectivity index is 1.96. The Hall–Kier alpha value is -1.55. The average molecular weight is 331 g/mol. The van der Waals surface area contributed by atoms with E-state index in [1.165, 1.54) is 0 Å². The number of ether oxygens (including phenoxy) is 1. The molecule has 2 unspecified atom stereocenters. The van der Waals surface area contributed by atoms with Crippen LogP contribution in [0.4, 0.5) is 0 Å². The molecule has 2 fully saturated rings. The molecule has 0 radical (unpaired) electrons. The van der Waals surface area contributed by atoms with Gasteiger partial charge in [-0.15, -0.1) is 0 Å². The van der Waals surface area contributed by atoms with Crippen LogP contribution < -0.4 is 4.74 Å². The second-order valence-corrected chi connectivity index (χ2v) is 7.26. The topological polar surface area (TPSA) is 49.8 Å². The highest BCUT2D eigenvalue weighted by molar-refractivity contribution is 5.77. The van der Waals surface area contributed by atoms with E-state index < -0.39 is 5.60 Å². The van der Waals surface area contributed by atoms with Crippen molar-refractivity contribution in [1.82, 2.24) is 4.90 Å². The summed E-state index contributed by atoms with van der Waals surface area (Å²) >= 11 is 0. The SMILES string of the molecule is CCCC(=O)N1CCC2(O)CCCCC2[C@@H]1c1ccc(OC)cc1. The third-order valence-electron chi connectivity index (χ3n) is 5.81. The molecule has 132 valence electrons. The van der Waals surface area contributed by atoms with Crippen molar-refractivity contribution in [3.8, 4) is 5.75 Å². The maximum Gasteiger partial charge on any atom is 0.223 e. The Labute approximate surface area is 144 Å². The van der Waals surface area contributed by atoms with Gasteiger partial charge in [0.1, 0.15) is 5.75 Å². The molecule has 0 spiro atoms. The van der Waals surface area contributed by atoms with Crippen LogP contribution in [-0.4, -0.2) is 35.2 Å². The third kappa shape index (κ3) is 3.16. The highest BCUT2D eigenvalue weighted by Crippen LogP contribution is 2.49. The predicted octanol–water partition coefficient (Wildman–Crippen LogP) is 3.69. The maximum atomic E-state index is 12.7. The first-order chi connectivity index (χ1) is 11.6. The summed E-state index contributed by atoms with van der Waals surface area (Å²) in [7, 11) is 1.66.